The molecule has 730 valence electrons. The van der Waals surface area contributed by atoms with Crippen LogP contribution in [0.4, 0.5) is 4.39 Å². The van der Waals surface area contributed by atoms with Gasteiger partial charge < -0.3 is 0 Å². The lowest BCUT2D eigenvalue weighted by Gasteiger charge is -2.18. The molecule has 6 heteroatoms. The molecule has 0 radical (unpaired) electrons. The van der Waals surface area contributed by atoms with Gasteiger partial charge in [-0.2, -0.15) is 0 Å². The molecule has 0 saturated heterocycles. The normalized spacial score (nSPS) is 12.3. The highest BCUT2D eigenvalue weighted by Crippen LogP contribution is 2.43. The number of halogens is 1. The first-order chi connectivity index (χ1) is 70.0. The predicted octanol–water partition coefficient (Wildman–Crippen LogP) is 35.7. The number of nitrogens with zero attached hydrogens (tertiary/aromatic N) is 5. The van der Waals surface area contributed by atoms with Crippen LogP contribution in [0.15, 0.2) is 377 Å². The molecule has 5 unspecified atom stereocenters. The summed E-state index contributed by atoms with van der Waals surface area (Å²) in [6.07, 6.45) is 16.7. The van der Waals surface area contributed by atoms with Crippen LogP contribution in [0.1, 0.15) is 217 Å². The van der Waals surface area contributed by atoms with Gasteiger partial charge in [-0.05, 0) is 320 Å². The highest BCUT2D eigenvalue weighted by atomic mass is 19.1. The Bertz CT molecular complexity index is 8020. The third-order valence-electron chi connectivity index (χ3n) is 31.0. The zero-order chi connectivity index (χ0) is 103. The van der Waals surface area contributed by atoms with Crippen molar-refractivity contribution in [1.29, 1.82) is 0 Å². The van der Waals surface area contributed by atoms with Crippen LogP contribution < -0.4 is 22.8 Å². The van der Waals surface area contributed by atoms with Gasteiger partial charge in [-0.3, -0.25) is 0 Å². The van der Waals surface area contributed by atoms with E-state index in [0.717, 1.165) is 48.1 Å². The van der Waals surface area contributed by atoms with Crippen molar-refractivity contribution in [1.82, 2.24) is 0 Å². The van der Waals surface area contributed by atoms with Crippen LogP contribution in [0, 0.1) is 47.4 Å². The van der Waals surface area contributed by atoms with E-state index in [0.29, 0.717) is 41.1 Å². The topological polar surface area (TPSA) is 19.4 Å². The van der Waals surface area contributed by atoms with Crippen LogP contribution in [-0.2, 0) is 35.2 Å². The van der Waals surface area contributed by atoms with E-state index in [4.69, 9.17) is 0 Å². The molecule has 0 aliphatic carbocycles. The minimum atomic E-state index is -0.181. The Morgan fingerprint density at radius 2 is 0.476 bits per heavy atom. The summed E-state index contributed by atoms with van der Waals surface area (Å²) in [6.45, 7) is 40.5. The molecule has 5 atom stereocenters. The summed E-state index contributed by atoms with van der Waals surface area (Å²) >= 11 is 0. The second-order valence-corrected chi connectivity index (χ2v) is 41.1. The van der Waals surface area contributed by atoms with Gasteiger partial charge in [0, 0.05) is 41.5 Å². The first kappa shape index (κ1) is 103. The quantitative estimate of drug-likeness (QED) is 0.0639. The number of pyridine rings is 5. The summed E-state index contributed by atoms with van der Waals surface area (Å²) in [5.41, 5.74) is 40.3. The molecule has 145 heavy (non-hydrogen) atoms. The molecule has 0 saturated carbocycles. The lowest BCUT2D eigenvalue weighted by atomic mass is 9.87. The van der Waals surface area contributed by atoms with E-state index >= 15 is 0 Å². The van der Waals surface area contributed by atoms with Crippen LogP contribution >= 0.6 is 0 Å². The highest BCUT2D eigenvalue weighted by Gasteiger charge is 2.28. The molecule has 0 spiro atoms. The maximum absolute atomic E-state index is 14.8. The van der Waals surface area contributed by atoms with Gasteiger partial charge in [0.15, 0.2) is 31.0 Å². The Balaban J connectivity index is 0.000000130. The average Bonchev–Trinajstić information content (AvgIpc) is 0.794. The van der Waals surface area contributed by atoms with Gasteiger partial charge in [0.2, 0.25) is 28.5 Å². The first-order valence-corrected chi connectivity index (χ1v) is 52.7. The standard InChI is InChI=1S/C30H34N.C28H30N.C27H27FN.2C27H28N/c1-7-21(4)24-13-14-27-25(17-24)15-16-31(6)30(27)29-19-26(23-11-9-8-10-12-23)18-28(20(2)3)22(29)5;1-6-19(2)23-12-13-26-24(17-23)14-15-29(5)28(26)27-18-25(16-20(3)21(27)4)22-10-8-7-9-11-22;1-5-18(2)21-11-12-23-22(16-21)13-14-29(4)27(23)24-17-25(26(28)15-19(24)3)20-9-7-6-8-10-20;1-5-19(2)22-11-14-26-24(18-22)15-16-28(4)27(26)25-13-12-23(17-20(25)3)21-9-7-6-8-10-21;1-5-19(2)22-13-14-25-24(17-22)15-16-28(4)27(25)26-18-23(12-11-20(26)3)21-9-7-6-8-10-21/h8-21H,7H2,1-6H3;7-19H,6H2,1-5H3;6-18H,5H2,1-4H3;2*6-19H,5H2,1-4H3/q5*+1. The van der Waals surface area contributed by atoms with Gasteiger partial charge in [-0.15, -0.1) is 0 Å². The van der Waals surface area contributed by atoms with Crippen molar-refractivity contribution < 1.29 is 27.2 Å². The minimum Gasteiger partial charge on any atom is -0.206 e. The Morgan fingerprint density at radius 3 is 0.807 bits per heavy atom. The van der Waals surface area contributed by atoms with Crippen LogP contribution in [0.2, 0.25) is 0 Å². The van der Waals surface area contributed by atoms with Crippen molar-refractivity contribution in [3.8, 4) is 112 Å². The van der Waals surface area contributed by atoms with Crippen molar-refractivity contribution in [2.24, 2.45) is 35.2 Å². The summed E-state index contributed by atoms with van der Waals surface area (Å²) in [5.74, 6) is 3.17. The van der Waals surface area contributed by atoms with Crippen LogP contribution in [-0.4, -0.2) is 0 Å². The number of rotatable bonds is 21. The van der Waals surface area contributed by atoms with E-state index in [1.54, 1.807) is 6.07 Å². The molecule has 15 aromatic carbocycles. The number of hydrogen-bond donors (Lipinski definition) is 0. The molecule has 5 heterocycles. The molecule has 0 N–H and O–H groups in total. The molecule has 20 rings (SSSR count). The van der Waals surface area contributed by atoms with E-state index in [-0.39, 0.29) is 5.82 Å². The maximum atomic E-state index is 14.8. The summed E-state index contributed by atoms with van der Waals surface area (Å²) in [6, 6.07) is 125. The second kappa shape index (κ2) is 46.3. The molecule has 0 bridgehead atoms. The number of hydrogen-bond acceptors (Lipinski definition) is 0. The molecular formula is C139H147FN5+5. The third-order valence-corrected chi connectivity index (χ3v) is 31.0. The van der Waals surface area contributed by atoms with E-state index in [2.05, 4.69) is 510 Å². The Labute approximate surface area is 863 Å². The van der Waals surface area contributed by atoms with Gasteiger partial charge in [-0.1, -0.05) is 332 Å². The number of benzene rings is 15. The van der Waals surface area contributed by atoms with Crippen molar-refractivity contribution in [3.63, 3.8) is 0 Å². The summed E-state index contributed by atoms with van der Waals surface area (Å²) in [5, 5.41) is 12.9. The Kier molecular flexibility index (Phi) is 33.0. The largest absolute Gasteiger partial charge is 0.220 e. The zero-order valence-electron chi connectivity index (χ0n) is 89.9. The SMILES string of the molecule is CCC(C)c1ccc2c(-c3cc(-c4ccccc4)c(F)cc3C)[n+](C)ccc2c1.CCC(C)c1ccc2c(-c3cc(-c4ccccc4)cc(C(C)C)c3C)[n+](C)ccc2c1.CCC(C)c1ccc2c(-c3cc(-c4ccccc4)cc(C)c3C)[n+](C)ccc2c1.CCC(C)c1ccc2c(-c3cc(-c4ccccc4)ccc3C)[n+](C)ccc2c1.CCC(C)c1ccc2c(-c3ccc(-c4ccccc4)cc3C)[n+](C)ccc2c1. The molecule has 0 aliphatic heterocycles. The van der Waals surface area contributed by atoms with Crippen LogP contribution in [0.5, 0.6) is 0 Å². The number of aryl methyl sites for hydroxylation is 9. The molecule has 0 fully saturated rings. The van der Waals surface area contributed by atoms with Crippen molar-refractivity contribution in [2.75, 3.05) is 0 Å². The van der Waals surface area contributed by atoms with Gasteiger partial charge in [0.25, 0.3) is 0 Å². The summed E-state index contributed by atoms with van der Waals surface area (Å²) in [4.78, 5) is 0. The molecule has 5 aromatic heterocycles. The smallest absolute Gasteiger partial charge is 0.206 e. The van der Waals surface area contributed by atoms with Crippen molar-refractivity contribution >= 4 is 53.9 Å². The highest BCUT2D eigenvalue weighted by molar-refractivity contribution is 6.00. The van der Waals surface area contributed by atoms with Crippen molar-refractivity contribution in [2.45, 2.75) is 192 Å². The van der Waals surface area contributed by atoms with Gasteiger partial charge in [0.1, 0.15) is 41.1 Å². The van der Waals surface area contributed by atoms with E-state index < -0.39 is 0 Å². The molecule has 5 nitrogen and oxygen atoms in total. The van der Waals surface area contributed by atoms with Crippen LogP contribution in [0.25, 0.3) is 166 Å². The lowest BCUT2D eigenvalue weighted by Crippen LogP contribution is -2.31. The summed E-state index contributed by atoms with van der Waals surface area (Å²) in [7, 11) is 10.7. The second-order valence-electron chi connectivity index (χ2n) is 41.1. The third kappa shape index (κ3) is 22.8. The molecule has 0 aliphatic rings. The lowest BCUT2D eigenvalue weighted by molar-refractivity contribution is -0.659. The van der Waals surface area contributed by atoms with Crippen LogP contribution in [0.3, 0.4) is 0 Å². The Hall–Kier alpha value is -14.7. The average molecular weight is 1910 g/mol. The fourth-order valence-corrected chi connectivity index (χ4v) is 20.8. The fraction of sp³-hybridized carbons (Fsp3) is 0.245. The monoisotopic (exact) mass is 1910 g/mol. The zero-order valence-corrected chi connectivity index (χ0v) is 89.9. The number of fused-ring (bicyclic) bond motifs is 5. The summed E-state index contributed by atoms with van der Waals surface area (Å²) < 4.78 is 26.0. The van der Waals surface area contributed by atoms with Crippen molar-refractivity contribution in [3.05, 3.63) is 449 Å². The molecular weight excluding hydrogens is 1760 g/mol. The molecule has 0 amide bonds. The minimum absolute atomic E-state index is 0.181. The molecule has 20 aromatic rings. The van der Waals surface area contributed by atoms with Gasteiger partial charge in [-0.25, -0.2) is 27.2 Å². The van der Waals surface area contributed by atoms with E-state index in [1.165, 1.54) is 211 Å². The van der Waals surface area contributed by atoms with E-state index in [1.807, 2.05) is 43.3 Å². The predicted molar refractivity (Wildman–Crippen MR) is 616 cm³/mol. The fourth-order valence-electron chi connectivity index (χ4n) is 20.8. The van der Waals surface area contributed by atoms with Gasteiger partial charge >= 0.3 is 0 Å². The van der Waals surface area contributed by atoms with E-state index in [9.17, 15) is 4.39 Å². The first-order valence-electron chi connectivity index (χ1n) is 52.7. The number of aromatic nitrogens is 5. The maximum Gasteiger partial charge on any atom is 0.220 e. The van der Waals surface area contributed by atoms with Gasteiger partial charge in [0.05, 0.1) is 49.2 Å². The Morgan fingerprint density at radius 1 is 0.207 bits per heavy atom.